The molecule has 0 aliphatic carbocycles. The Balaban J connectivity index is 1.91. The largest absolute Gasteiger partial charge is 0.497 e. The van der Waals surface area contributed by atoms with E-state index in [1.54, 1.807) is 19.1 Å². The Morgan fingerprint density at radius 3 is 2.56 bits per heavy atom. The Kier molecular flexibility index (Phi) is 4.81. The molecule has 8 heteroatoms. The van der Waals surface area contributed by atoms with Crippen molar-refractivity contribution < 1.29 is 28.2 Å². The van der Waals surface area contributed by atoms with Crippen LogP contribution in [0.3, 0.4) is 0 Å². The Morgan fingerprint density at radius 2 is 1.89 bits per heavy atom. The summed E-state index contributed by atoms with van der Waals surface area (Å²) in [7, 11) is 1.53. The van der Waals surface area contributed by atoms with Gasteiger partial charge < -0.3 is 20.1 Å². The standard InChI is InChI=1S/C19H16F2N2O4/c1-9-11(12-5-10(27-2)3-4-16(12)22-9)7-18(24)23-17-8-15(21)14(20)6-13(17)19(25)26/h3-6,8,22H,7H2,1-2H3,(H,23,24)(H,25,26). The van der Waals surface area contributed by atoms with Crippen molar-refractivity contribution in [3.63, 3.8) is 0 Å². The molecule has 3 rings (SSSR count). The first-order valence-corrected chi connectivity index (χ1v) is 7.97. The highest BCUT2D eigenvalue weighted by atomic mass is 19.2. The van der Waals surface area contributed by atoms with Crippen LogP contribution in [0.2, 0.25) is 0 Å². The number of rotatable bonds is 5. The monoisotopic (exact) mass is 374 g/mol. The van der Waals surface area contributed by atoms with E-state index in [0.29, 0.717) is 23.4 Å². The summed E-state index contributed by atoms with van der Waals surface area (Å²) in [6.07, 6.45) is -0.0863. The molecule has 1 aromatic heterocycles. The van der Waals surface area contributed by atoms with E-state index in [2.05, 4.69) is 10.3 Å². The van der Waals surface area contributed by atoms with Crippen molar-refractivity contribution in [1.82, 2.24) is 4.98 Å². The molecule has 0 aliphatic rings. The minimum absolute atomic E-state index is 0.0863. The molecule has 3 N–H and O–H groups in total. The summed E-state index contributed by atoms with van der Waals surface area (Å²) in [5.74, 6) is -3.96. The number of anilines is 1. The summed E-state index contributed by atoms with van der Waals surface area (Å²) in [6.45, 7) is 1.80. The molecule has 0 radical (unpaired) electrons. The maximum Gasteiger partial charge on any atom is 0.337 e. The third-order valence-corrected chi connectivity index (χ3v) is 4.23. The fourth-order valence-electron chi connectivity index (χ4n) is 2.90. The van der Waals surface area contributed by atoms with Crippen LogP contribution in [-0.4, -0.2) is 29.1 Å². The normalized spacial score (nSPS) is 10.8. The number of aromatic amines is 1. The van der Waals surface area contributed by atoms with E-state index in [9.17, 15) is 18.4 Å². The van der Waals surface area contributed by atoms with Gasteiger partial charge in [0.2, 0.25) is 5.91 Å². The van der Waals surface area contributed by atoms with Crippen molar-refractivity contribution >= 4 is 28.5 Å². The first kappa shape index (κ1) is 18.4. The van der Waals surface area contributed by atoms with Crippen LogP contribution in [0.5, 0.6) is 5.75 Å². The number of methoxy groups -OCH3 is 1. The molecular formula is C19H16F2N2O4. The molecule has 1 heterocycles. The van der Waals surface area contributed by atoms with Gasteiger partial charge in [-0.3, -0.25) is 4.79 Å². The number of fused-ring (bicyclic) bond motifs is 1. The topological polar surface area (TPSA) is 91.4 Å². The van der Waals surface area contributed by atoms with Gasteiger partial charge in [0, 0.05) is 22.7 Å². The molecule has 0 aliphatic heterocycles. The summed E-state index contributed by atoms with van der Waals surface area (Å²) in [5.41, 5.74) is 1.44. The number of aromatic nitrogens is 1. The van der Waals surface area contributed by atoms with E-state index >= 15 is 0 Å². The predicted octanol–water partition coefficient (Wildman–Crippen LogP) is 3.64. The number of aromatic carboxylic acids is 1. The fraction of sp³-hybridized carbons (Fsp3) is 0.158. The molecule has 0 saturated heterocycles. The predicted molar refractivity (Wildman–Crippen MR) is 95.2 cm³/mol. The lowest BCUT2D eigenvalue weighted by Crippen LogP contribution is -2.17. The van der Waals surface area contributed by atoms with Crippen molar-refractivity contribution in [2.75, 3.05) is 12.4 Å². The number of carbonyl (C=O) groups excluding carboxylic acids is 1. The van der Waals surface area contributed by atoms with Gasteiger partial charge in [0.05, 0.1) is 24.8 Å². The number of carboxylic acid groups (broad SMARTS) is 1. The highest BCUT2D eigenvalue weighted by Crippen LogP contribution is 2.27. The van der Waals surface area contributed by atoms with Gasteiger partial charge in [-0.05, 0) is 36.8 Å². The van der Waals surface area contributed by atoms with Crippen LogP contribution in [0.4, 0.5) is 14.5 Å². The number of carbonyl (C=O) groups is 2. The Hall–Kier alpha value is -3.42. The molecule has 3 aromatic rings. The highest BCUT2D eigenvalue weighted by molar-refractivity contribution is 6.02. The number of aryl methyl sites for hydroxylation is 1. The van der Waals surface area contributed by atoms with Crippen molar-refractivity contribution in [3.05, 3.63) is 58.8 Å². The van der Waals surface area contributed by atoms with Crippen LogP contribution in [-0.2, 0) is 11.2 Å². The molecule has 140 valence electrons. The van der Waals surface area contributed by atoms with Gasteiger partial charge in [0.15, 0.2) is 11.6 Å². The number of hydrogen-bond acceptors (Lipinski definition) is 3. The van der Waals surface area contributed by atoms with Gasteiger partial charge in [-0.15, -0.1) is 0 Å². The molecule has 1 amide bonds. The first-order valence-electron chi connectivity index (χ1n) is 7.97. The third-order valence-electron chi connectivity index (χ3n) is 4.23. The second-order valence-corrected chi connectivity index (χ2v) is 5.98. The second-order valence-electron chi connectivity index (χ2n) is 5.98. The van der Waals surface area contributed by atoms with Crippen molar-refractivity contribution in [1.29, 1.82) is 0 Å². The summed E-state index contributed by atoms with van der Waals surface area (Å²) >= 11 is 0. The van der Waals surface area contributed by atoms with E-state index in [-0.39, 0.29) is 12.1 Å². The molecule has 0 saturated carbocycles. The fourth-order valence-corrected chi connectivity index (χ4v) is 2.90. The molecule has 0 spiro atoms. The zero-order valence-corrected chi connectivity index (χ0v) is 14.5. The van der Waals surface area contributed by atoms with Crippen LogP contribution in [0.15, 0.2) is 30.3 Å². The number of hydrogen-bond donors (Lipinski definition) is 3. The minimum atomic E-state index is -1.47. The van der Waals surface area contributed by atoms with E-state index in [1.165, 1.54) is 7.11 Å². The maximum absolute atomic E-state index is 13.5. The average Bonchev–Trinajstić information content (AvgIpc) is 2.92. The van der Waals surface area contributed by atoms with Crippen molar-refractivity contribution in [3.8, 4) is 5.75 Å². The summed E-state index contributed by atoms with van der Waals surface area (Å²) in [5, 5.41) is 12.3. The van der Waals surface area contributed by atoms with E-state index in [1.807, 2.05) is 6.07 Å². The molecule has 2 aromatic carbocycles. The molecule has 0 atom stereocenters. The molecular weight excluding hydrogens is 358 g/mol. The van der Waals surface area contributed by atoms with Crippen LogP contribution in [0.25, 0.3) is 10.9 Å². The number of halogens is 2. The van der Waals surface area contributed by atoms with Crippen LogP contribution < -0.4 is 10.1 Å². The Labute approximate surface area is 152 Å². The van der Waals surface area contributed by atoms with Crippen LogP contribution >= 0.6 is 0 Å². The van der Waals surface area contributed by atoms with Crippen molar-refractivity contribution in [2.45, 2.75) is 13.3 Å². The van der Waals surface area contributed by atoms with Gasteiger partial charge >= 0.3 is 5.97 Å². The number of benzene rings is 2. The van der Waals surface area contributed by atoms with E-state index < -0.39 is 29.1 Å². The summed E-state index contributed by atoms with van der Waals surface area (Å²) in [4.78, 5) is 26.8. The molecule has 27 heavy (non-hydrogen) atoms. The lowest BCUT2D eigenvalue weighted by atomic mass is 10.1. The Morgan fingerprint density at radius 1 is 1.19 bits per heavy atom. The number of H-pyrrole nitrogens is 1. The smallest absolute Gasteiger partial charge is 0.337 e. The van der Waals surface area contributed by atoms with Crippen molar-refractivity contribution in [2.24, 2.45) is 0 Å². The van der Waals surface area contributed by atoms with Gasteiger partial charge in [-0.1, -0.05) is 0 Å². The summed E-state index contributed by atoms with van der Waals surface area (Å²) < 4.78 is 32.0. The molecule has 0 bridgehead atoms. The number of ether oxygens (including phenoxy) is 1. The highest BCUT2D eigenvalue weighted by Gasteiger charge is 2.19. The molecule has 0 fully saturated rings. The van der Waals surface area contributed by atoms with E-state index in [4.69, 9.17) is 9.84 Å². The zero-order chi connectivity index (χ0) is 19.7. The molecule has 6 nitrogen and oxygen atoms in total. The van der Waals surface area contributed by atoms with Crippen LogP contribution in [0, 0.1) is 18.6 Å². The second kappa shape index (κ2) is 7.06. The molecule has 0 unspecified atom stereocenters. The lowest BCUT2D eigenvalue weighted by molar-refractivity contribution is -0.115. The number of nitrogens with one attached hydrogen (secondary N) is 2. The first-order chi connectivity index (χ1) is 12.8. The third kappa shape index (κ3) is 3.59. The SMILES string of the molecule is COc1ccc2[nH]c(C)c(CC(=O)Nc3cc(F)c(F)cc3C(=O)O)c2c1. The van der Waals surface area contributed by atoms with Gasteiger partial charge in [0.25, 0.3) is 0 Å². The zero-order valence-electron chi connectivity index (χ0n) is 14.5. The maximum atomic E-state index is 13.5. The van der Waals surface area contributed by atoms with Gasteiger partial charge in [-0.2, -0.15) is 0 Å². The number of amides is 1. The Bertz CT molecular complexity index is 1060. The van der Waals surface area contributed by atoms with E-state index in [0.717, 1.165) is 16.6 Å². The van der Waals surface area contributed by atoms with Gasteiger partial charge in [0.1, 0.15) is 5.75 Å². The van der Waals surface area contributed by atoms with Crippen LogP contribution in [0.1, 0.15) is 21.6 Å². The summed E-state index contributed by atoms with van der Waals surface area (Å²) in [6, 6.07) is 6.57. The number of carboxylic acids is 1. The lowest BCUT2D eigenvalue weighted by Gasteiger charge is -2.10. The average molecular weight is 374 g/mol. The van der Waals surface area contributed by atoms with Gasteiger partial charge in [-0.25, -0.2) is 13.6 Å². The minimum Gasteiger partial charge on any atom is -0.497 e. The quantitative estimate of drug-likeness (QED) is 0.636.